The minimum atomic E-state index is -0.510. The number of esters is 1. The zero-order valence-corrected chi connectivity index (χ0v) is 19.1. The van der Waals surface area contributed by atoms with Gasteiger partial charge in [-0.05, 0) is 98.9 Å². The molecule has 0 bridgehead atoms. The topological polar surface area (TPSA) is 44.8 Å². The van der Waals surface area contributed by atoms with Crippen LogP contribution in [0.2, 0.25) is 0 Å². The number of carbonyl (C=O) groups excluding carboxylic acids is 1. The molecule has 0 aliphatic heterocycles. The average molecular weight is 411 g/mol. The number of ether oxygens (including phenoxy) is 3. The maximum atomic E-state index is 12.2. The summed E-state index contributed by atoms with van der Waals surface area (Å²) in [6, 6.07) is 10.4. The second kappa shape index (κ2) is 9.11. The lowest BCUT2D eigenvalue weighted by Crippen LogP contribution is -2.25. The van der Waals surface area contributed by atoms with Gasteiger partial charge < -0.3 is 14.2 Å². The molecule has 30 heavy (non-hydrogen) atoms. The summed E-state index contributed by atoms with van der Waals surface area (Å²) < 4.78 is 16.7. The second-order valence-electron chi connectivity index (χ2n) is 9.17. The predicted octanol–water partition coefficient (Wildman–Crippen LogP) is 5.88. The van der Waals surface area contributed by atoms with Crippen LogP contribution in [-0.4, -0.2) is 20.2 Å². The van der Waals surface area contributed by atoms with Gasteiger partial charge in [0.05, 0.1) is 19.6 Å². The van der Waals surface area contributed by atoms with Crippen LogP contribution in [0.4, 0.5) is 0 Å². The van der Waals surface area contributed by atoms with Gasteiger partial charge in [0.1, 0.15) is 5.75 Å². The molecule has 4 heteroatoms. The van der Waals surface area contributed by atoms with Gasteiger partial charge in [0, 0.05) is 0 Å². The molecule has 0 saturated carbocycles. The van der Waals surface area contributed by atoms with Crippen LogP contribution in [0, 0.1) is 5.41 Å². The largest absolute Gasteiger partial charge is 0.493 e. The van der Waals surface area contributed by atoms with Crippen LogP contribution < -0.4 is 14.2 Å². The third-order valence-corrected chi connectivity index (χ3v) is 5.83. The van der Waals surface area contributed by atoms with Crippen LogP contribution in [0.1, 0.15) is 68.7 Å². The second-order valence-corrected chi connectivity index (χ2v) is 9.17. The summed E-state index contributed by atoms with van der Waals surface area (Å²) in [5.74, 6) is 2.48. The fourth-order valence-corrected chi connectivity index (χ4v) is 4.12. The van der Waals surface area contributed by atoms with Crippen molar-refractivity contribution in [2.45, 2.75) is 65.7 Å². The maximum Gasteiger partial charge on any atom is 0.316 e. The number of hydrogen-bond donors (Lipinski definition) is 0. The lowest BCUT2D eigenvalue weighted by molar-refractivity contribution is -0.143. The van der Waals surface area contributed by atoms with Crippen molar-refractivity contribution in [3.05, 3.63) is 52.6 Å². The molecule has 0 fully saturated rings. The fourth-order valence-electron chi connectivity index (χ4n) is 4.12. The van der Waals surface area contributed by atoms with Gasteiger partial charge in [-0.15, -0.1) is 0 Å². The summed E-state index contributed by atoms with van der Waals surface area (Å²) in [7, 11) is 3.38. The fraction of sp³-hybridized carbons (Fsp3) is 0.500. The molecular formula is C26H34O4. The van der Waals surface area contributed by atoms with Gasteiger partial charge in [-0.2, -0.15) is 0 Å². The van der Waals surface area contributed by atoms with Gasteiger partial charge in [0.25, 0.3) is 0 Å². The van der Waals surface area contributed by atoms with Gasteiger partial charge in [0.15, 0.2) is 11.5 Å². The van der Waals surface area contributed by atoms with Crippen molar-refractivity contribution in [2.24, 2.45) is 5.41 Å². The summed E-state index contributed by atoms with van der Waals surface area (Å²) in [4.78, 5) is 12.2. The van der Waals surface area contributed by atoms with E-state index in [9.17, 15) is 4.79 Å². The van der Waals surface area contributed by atoms with Crippen molar-refractivity contribution >= 4 is 5.97 Å². The lowest BCUT2D eigenvalue weighted by Gasteiger charge is -2.28. The third-order valence-electron chi connectivity index (χ3n) is 5.83. The standard InChI is InChI=1S/C26H34O4/c1-7-8-19-15-23(28-5)24(29-6)16-22(19)20-10-9-18-14-21(12-11-17(18)13-20)30-25(27)26(2,3)4/h11-12,14-16,20H,7-10,13H2,1-6H3/t20-/m1/s1. The molecule has 3 rings (SSSR count). The van der Waals surface area contributed by atoms with E-state index in [0.29, 0.717) is 11.7 Å². The number of carbonyl (C=O) groups is 1. The van der Waals surface area contributed by atoms with Crippen LogP contribution in [0.25, 0.3) is 0 Å². The molecule has 1 aliphatic carbocycles. The number of aryl methyl sites for hydroxylation is 2. The van der Waals surface area contributed by atoms with Gasteiger partial charge >= 0.3 is 5.97 Å². The van der Waals surface area contributed by atoms with Crippen LogP contribution in [0.15, 0.2) is 30.3 Å². The molecule has 0 radical (unpaired) electrons. The van der Waals surface area contributed by atoms with Crippen LogP contribution in [-0.2, 0) is 24.1 Å². The zero-order valence-electron chi connectivity index (χ0n) is 19.1. The van der Waals surface area contributed by atoms with E-state index in [4.69, 9.17) is 14.2 Å². The molecule has 0 aromatic heterocycles. The summed E-state index contributed by atoms with van der Waals surface area (Å²) in [5.41, 5.74) is 4.81. The van der Waals surface area contributed by atoms with E-state index in [1.54, 1.807) is 14.2 Å². The Kier molecular flexibility index (Phi) is 6.74. The van der Waals surface area contributed by atoms with E-state index >= 15 is 0 Å². The quantitative estimate of drug-likeness (QED) is 0.441. The first-order chi connectivity index (χ1) is 14.3. The Hall–Kier alpha value is -2.49. The van der Waals surface area contributed by atoms with Crippen molar-refractivity contribution in [2.75, 3.05) is 14.2 Å². The van der Waals surface area contributed by atoms with E-state index in [1.165, 1.54) is 22.3 Å². The third kappa shape index (κ3) is 4.80. The summed E-state index contributed by atoms with van der Waals surface area (Å²) in [5, 5.41) is 0. The molecule has 0 N–H and O–H groups in total. The molecule has 0 spiro atoms. The number of hydrogen-bond acceptors (Lipinski definition) is 4. The molecule has 0 amide bonds. The number of benzene rings is 2. The normalized spacial score (nSPS) is 16.0. The Morgan fingerprint density at radius 2 is 1.73 bits per heavy atom. The van der Waals surface area contributed by atoms with Crippen LogP contribution in [0.3, 0.4) is 0 Å². The highest BCUT2D eigenvalue weighted by Gasteiger charge is 2.26. The van der Waals surface area contributed by atoms with E-state index in [0.717, 1.165) is 43.6 Å². The minimum Gasteiger partial charge on any atom is -0.493 e. The Morgan fingerprint density at radius 3 is 2.37 bits per heavy atom. The summed E-state index contributed by atoms with van der Waals surface area (Å²) in [6.07, 6.45) is 5.14. The molecule has 0 saturated heterocycles. The predicted molar refractivity (Wildman–Crippen MR) is 120 cm³/mol. The Balaban J connectivity index is 1.85. The first kappa shape index (κ1) is 22.2. The smallest absolute Gasteiger partial charge is 0.316 e. The van der Waals surface area contributed by atoms with Gasteiger partial charge in [0.2, 0.25) is 0 Å². The Bertz CT molecular complexity index is 908. The van der Waals surface area contributed by atoms with E-state index in [-0.39, 0.29) is 5.97 Å². The van der Waals surface area contributed by atoms with Crippen molar-refractivity contribution < 1.29 is 19.0 Å². The number of fused-ring (bicyclic) bond motifs is 1. The molecule has 162 valence electrons. The first-order valence-electron chi connectivity index (χ1n) is 10.9. The van der Waals surface area contributed by atoms with E-state index < -0.39 is 5.41 Å². The zero-order chi connectivity index (χ0) is 21.9. The Morgan fingerprint density at radius 1 is 1.03 bits per heavy atom. The minimum absolute atomic E-state index is 0.203. The number of rotatable bonds is 6. The molecule has 2 aromatic rings. The molecular weight excluding hydrogens is 376 g/mol. The monoisotopic (exact) mass is 410 g/mol. The highest BCUT2D eigenvalue weighted by molar-refractivity contribution is 5.77. The molecule has 4 nitrogen and oxygen atoms in total. The molecule has 0 unspecified atom stereocenters. The van der Waals surface area contributed by atoms with Gasteiger partial charge in [-0.1, -0.05) is 19.4 Å². The average Bonchev–Trinajstić information content (AvgIpc) is 2.72. The summed E-state index contributed by atoms with van der Waals surface area (Å²) in [6.45, 7) is 7.82. The molecule has 2 aromatic carbocycles. The highest BCUT2D eigenvalue weighted by Crippen LogP contribution is 2.40. The maximum absolute atomic E-state index is 12.2. The van der Waals surface area contributed by atoms with Crippen molar-refractivity contribution in [1.82, 2.24) is 0 Å². The van der Waals surface area contributed by atoms with Crippen LogP contribution >= 0.6 is 0 Å². The summed E-state index contributed by atoms with van der Waals surface area (Å²) >= 11 is 0. The van der Waals surface area contributed by atoms with Crippen molar-refractivity contribution in [3.63, 3.8) is 0 Å². The molecule has 1 atom stereocenters. The van der Waals surface area contributed by atoms with E-state index in [2.05, 4.69) is 25.1 Å². The van der Waals surface area contributed by atoms with Gasteiger partial charge in [-0.25, -0.2) is 0 Å². The molecule has 0 heterocycles. The number of methoxy groups -OCH3 is 2. The Labute approximate surface area is 180 Å². The lowest BCUT2D eigenvalue weighted by atomic mass is 9.78. The van der Waals surface area contributed by atoms with E-state index in [1.807, 2.05) is 32.9 Å². The first-order valence-corrected chi connectivity index (χ1v) is 10.9. The SMILES string of the molecule is CCCc1cc(OC)c(OC)cc1[C@@H]1CCc2cc(OC(=O)C(C)(C)C)ccc2C1. The van der Waals surface area contributed by atoms with Crippen LogP contribution in [0.5, 0.6) is 17.2 Å². The molecule has 1 aliphatic rings. The van der Waals surface area contributed by atoms with Crippen molar-refractivity contribution in [1.29, 1.82) is 0 Å². The highest BCUT2D eigenvalue weighted by atomic mass is 16.5. The van der Waals surface area contributed by atoms with Crippen molar-refractivity contribution in [3.8, 4) is 17.2 Å². The van der Waals surface area contributed by atoms with Gasteiger partial charge in [-0.3, -0.25) is 4.79 Å².